The first-order valence-corrected chi connectivity index (χ1v) is 14.5. The second kappa shape index (κ2) is 12.4. The third kappa shape index (κ3) is 7.21. The van der Waals surface area contributed by atoms with E-state index in [1.165, 1.54) is 11.8 Å². The summed E-state index contributed by atoms with van der Waals surface area (Å²) in [5.74, 6) is 0.0493. The van der Waals surface area contributed by atoms with E-state index in [0.29, 0.717) is 23.8 Å². The summed E-state index contributed by atoms with van der Waals surface area (Å²) in [5.41, 5.74) is 4.30. The first-order chi connectivity index (χ1) is 16.7. The lowest BCUT2D eigenvalue weighted by Crippen LogP contribution is -2.39. The minimum absolute atomic E-state index is 0.0931. The van der Waals surface area contributed by atoms with Gasteiger partial charge in [-0.15, -0.1) is 11.8 Å². The van der Waals surface area contributed by atoms with Crippen LogP contribution in [-0.4, -0.2) is 39.4 Å². The lowest BCUT2D eigenvalue weighted by Gasteiger charge is -2.24. The lowest BCUT2D eigenvalue weighted by atomic mass is 10.1. The van der Waals surface area contributed by atoms with Crippen molar-refractivity contribution in [1.82, 2.24) is 5.43 Å². The Morgan fingerprint density at radius 1 is 1.09 bits per heavy atom. The maximum Gasteiger partial charge on any atom is 0.264 e. The largest absolute Gasteiger partial charge is 0.494 e. The van der Waals surface area contributed by atoms with Gasteiger partial charge in [-0.05, 0) is 109 Å². The maximum atomic E-state index is 13.5. The average Bonchev–Trinajstić information content (AvgIpc) is 2.86. The zero-order valence-corrected chi connectivity index (χ0v) is 23.4. The van der Waals surface area contributed by atoms with Crippen molar-refractivity contribution in [2.45, 2.75) is 23.6 Å². The van der Waals surface area contributed by atoms with Gasteiger partial charge in [-0.3, -0.25) is 9.10 Å². The van der Waals surface area contributed by atoms with E-state index in [4.69, 9.17) is 4.74 Å². The molecule has 0 heterocycles. The van der Waals surface area contributed by atoms with Crippen molar-refractivity contribution in [3.05, 3.63) is 81.9 Å². The highest BCUT2D eigenvalue weighted by Gasteiger charge is 2.27. The number of carbonyl (C=O) groups excluding carboxylic acids is 1. The number of nitrogens with one attached hydrogen (secondary N) is 1. The number of carbonyl (C=O) groups is 1. The van der Waals surface area contributed by atoms with Crippen LogP contribution in [0.2, 0.25) is 0 Å². The molecule has 10 heteroatoms. The summed E-state index contributed by atoms with van der Waals surface area (Å²) in [7, 11) is -4.02. The lowest BCUT2D eigenvalue weighted by molar-refractivity contribution is -0.119. The van der Waals surface area contributed by atoms with Gasteiger partial charge >= 0.3 is 0 Å². The van der Waals surface area contributed by atoms with Crippen molar-refractivity contribution in [1.29, 1.82) is 0 Å². The van der Waals surface area contributed by atoms with Crippen molar-refractivity contribution in [2.75, 3.05) is 23.7 Å². The van der Waals surface area contributed by atoms with Crippen LogP contribution in [0, 0.1) is 3.57 Å². The van der Waals surface area contributed by atoms with E-state index in [0.717, 1.165) is 18.3 Å². The Labute approximate surface area is 224 Å². The molecule has 0 unspecified atom stereocenters. The number of thioether (sulfide) groups is 1. The van der Waals surface area contributed by atoms with Crippen LogP contribution in [0.4, 0.5) is 5.69 Å². The second-order valence-electron chi connectivity index (χ2n) is 7.36. The fraction of sp³-hybridized carbons (Fsp3) is 0.200. The van der Waals surface area contributed by atoms with E-state index in [1.807, 2.05) is 37.4 Å². The molecule has 0 spiro atoms. The predicted molar refractivity (Wildman–Crippen MR) is 150 cm³/mol. The van der Waals surface area contributed by atoms with Gasteiger partial charge in [0.15, 0.2) is 0 Å². The smallest absolute Gasteiger partial charge is 0.264 e. The molecule has 0 atom stereocenters. The fourth-order valence-electron chi connectivity index (χ4n) is 3.16. The molecule has 0 aliphatic rings. The van der Waals surface area contributed by atoms with Crippen LogP contribution < -0.4 is 14.5 Å². The Morgan fingerprint density at radius 3 is 2.37 bits per heavy atom. The van der Waals surface area contributed by atoms with Crippen LogP contribution in [0.1, 0.15) is 19.4 Å². The molecule has 3 rings (SSSR count). The normalized spacial score (nSPS) is 11.7. The van der Waals surface area contributed by atoms with Gasteiger partial charge in [0.1, 0.15) is 12.3 Å². The number of benzene rings is 3. The Morgan fingerprint density at radius 2 is 1.77 bits per heavy atom. The molecule has 0 saturated heterocycles. The van der Waals surface area contributed by atoms with Crippen LogP contribution in [-0.2, 0) is 14.8 Å². The van der Waals surface area contributed by atoms with Crippen molar-refractivity contribution in [3.63, 3.8) is 0 Å². The van der Waals surface area contributed by atoms with E-state index in [1.54, 1.807) is 55.5 Å². The SMILES string of the molecule is CCOc1ccc(N(CC(=O)N/N=C(/C)c2cccc(I)c2)S(=O)(=O)c2ccc(SC)cc2)cc1. The van der Waals surface area contributed by atoms with Crippen molar-refractivity contribution in [3.8, 4) is 5.75 Å². The van der Waals surface area contributed by atoms with Gasteiger partial charge in [0.25, 0.3) is 15.9 Å². The Hall–Kier alpha value is -2.57. The van der Waals surface area contributed by atoms with Crippen molar-refractivity contribution in [2.24, 2.45) is 5.10 Å². The summed E-state index contributed by atoms with van der Waals surface area (Å²) in [6, 6.07) is 20.8. The number of amides is 1. The number of rotatable bonds is 10. The van der Waals surface area contributed by atoms with Crippen molar-refractivity contribution < 1.29 is 17.9 Å². The molecular weight excluding hydrogens is 597 g/mol. The first kappa shape index (κ1) is 27.0. The molecular formula is C25H26IN3O4S2. The Kier molecular flexibility index (Phi) is 9.58. The van der Waals surface area contributed by atoms with Gasteiger partial charge in [-0.1, -0.05) is 12.1 Å². The molecule has 1 N–H and O–H groups in total. The number of ether oxygens (including phenoxy) is 1. The van der Waals surface area contributed by atoms with E-state index < -0.39 is 22.5 Å². The third-order valence-corrected chi connectivity index (χ3v) is 8.16. The number of nitrogens with zero attached hydrogens (tertiary/aromatic N) is 2. The highest BCUT2D eigenvalue weighted by Crippen LogP contribution is 2.27. The monoisotopic (exact) mass is 623 g/mol. The molecule has 0 aliphatic heterocycles. The van der Waals surface area contributed by atoms with E-state index in [-0.39, 0.29) is 4.90 Å². The molecule has 3 aromatic rings. The zero-order chi connectivity index (χ0) is 25.4. The van der Waals surface area contributed by atoms with Gasteiger partial charge in [-0.25, -0.2) is 13.8 Å². The number of hydrogen-bond donors (Lipinski definition) is 1. The summed E-state index contributed by atoms with van der Waals surface area (Å²) in [5, 5.41) is 4.17. The summed E-state index contributed by atoms with van der Waals surface area (Å²) in [6.45, 7) is 3.69. The molecule has 0 radical (unpaired) electrons. The molecule has 0 fully saturated rings. The molecule has 7 nitrogen and oxygen atoms in total. The molecule has 184 valence electrons. The molecule has 3 aromatic carbocycles. The van der Waals surface area contributed by atoms with Gasteiger partial charge in [-0.2, -0.15) is 5.10 Å². The third-order valence-electron chi connectivity index (χ3n) is 4.96. The summed E-state index contributed by atoms with van der Waals surface area (Å²) in [6.07, 6.45) is 1.92. The van der Waals surface area contributed by atoms with Crippen molar-refractivity contribution >= 4 is 61.7 Å². The van der Waals surface area contributed by atoms with Crippen LogP contribution in [0.5, 0.6) is 5.75 Å². The average molecular weight is 624 g/mol. The Bertz CT molecular complexity index is 1300. The number of halogens is 1. The predicted octanol–water partition coefficient (Wildman–Crippen LogP) is 5.15. The Balaban J connectivity index is 1.88. The van der Waals surface area contributed by atoms with E-state index in [9.17, 15) is 13.2 Å². The fourth-order valence-corrected chi connectivity index (χ4v) is 5.53. The summed E-state index contributed by atoms with van der Waals surface area (Å²) < 4.78 is 34.7. The van der Waals surface area contributed by atoms with E-state index in [2.05, 4.69) is 33.1 Å². The van der Waals surface area contributed by atoms with Crippen LogP contribution in [0.15, 0.2) is 87.7 Å². The quantitative estimate of drug-likeness (QED) is 0.146. The number of hydrazone groups is 1. The maximum absolute atomic E-state index is 13.5. The number of hydrogen-bond acceptors (Lipinski definition) is 6. The molecule has 1 amide bonds. The van der Waals surface area contributed by atoms with Gasteiger partial charge in [0.05, 0.1) is 22.9 Å². The first-order valence-electron chi connectivity index (χ1n) is 10.7. The summed E-state index contributed by atoms with van der Waals surface area (Å²) >= 11 is 3.72. The minimum atomic E-state index is -4.02. The zero-order valence-electron chi connectivity index (χ0n) is 19.6. The molecule has 35 heavy (non-hydrogen) atoms. The van der Waals surface area contributed by atoms with Gasteiger partial charge in [0.2, 0.25) is 0 Å². The van der Waals surface area contributed by atoms with Gasteiger partial charge in [0, 0.05) is 8.47 Å². The second-order valence-corrected chi connectivity index (χ2v) is 11.3. The summed E-state index contributed by atoms with van der Waals surface area (Å²) in [4.78, 5) is 13.9. The highest BCUT2D eigenvalue weighted by atomic mass is 127. The van der Waals surface area contributed by atoms with E-state index >= 15 is 0 Å². The number of sulfonamides is 1. The molecule has 0 bridgehead atoms. The van der Waals surface area contributed by atoms with Crippen LogP contribution in [0.25, 0.3) is 0 Å². The molecule has 0 aliphatic carbocycles. The number of anilines is 1. The van der Waals surface area contributed by atoms with Crippen LogP contribution >= 0.6 is 34.4 Å². The van der Waals surface area contributed by atoms with Gasteiger partial charge < -0.3 is 4.74 Å². The van der Waals surface area contributed by atoms with Crippen LogP contribution in [0.3, 0.4) is 0 Å². The molecule has 0 aromatic heterocycles. The minimum Gasteiger partial charge on any atom is -0.494 e. The topological polar surface area (TPSA) is 88.1 Å². The highest BCUT2D eigenvalue weighted by molar-refractivity contribution is 14.1. The molecule has 0 saturated carbocycles. The standard InChI is InChI=1S/C25H26IN3O4S2/c1-4-33-22-10-8-21(9-11-22)29(35(31,32)24-14-12-23(34-3)13-15-24)17-25(30)28-27-18(2)19-6-5-7-20(26)16-19/h5-16H,4,17H2,1-3H3,(H,28,30)/b27-18-.